The van der Waals surface area contributed by atoms with Crippen molar-refractivity contribution < 1.29 is 13.2 Å². The number of benzene rings is 2. The number of thiazole rings is 2. The van der Waals surface area contributed by atoms with Gasteiger partial charge < -0.3 is 4.57 Å². The molecule has 0 aliphatic heterocycles. The van der Waals surface area contributed by atoms with E-state index in [1.54, 1.807) is 29.8 Å². The third-order valence-corrected chi connectivity index (χ3v) is 7.11. The van der Waals surface area contributed by atoms with Gasteiger partial charge in [-0.1, -0.05) is 23.5 Å². The minimum atomic E-state index is -3.29. The van der Waals surface area contributed by atoms with Crippen LogP contribution < -0.4 is 4.80 Å². The van der Waals surface area contributed by atoms with E-state index in [2.05, 4.69) is 9.98 Å². The number of aromatic nitrogens is 2. The monoisotopic (exact) mass is 403 g/mol. The molecule has 6 nitrogen and oxygen atoms in total. The zero-order valence-corrected chi connectivity index (χ0v) is 16.3. The fourth-order valence-corrected chi connectivity index (χ4v) is 5.18. The van der Waals surface area contributed by atoms with Crippen molar-refractivity contribution in [2.45, 2.75) is 4.90 Å². The number of fused-ring (bicyclic) bond motifs is 2. The van der Waals surface area contributed by atoms with E-state index in [1.165, 1.54) is 28.9 Å². The third kappa shape index (κ3) is 2.98. The smallest absolute Gasteiger partial charge is 0.308 e. The first kappa shape index (κ1) is 17.1. The maximum absolute atomic E-state index is 12.5. The lowest BCUT2D eigenvalue weighted by molar-refractivity contribution is 0.0998. The number of rotatable bonds is 2. The number of hydrogen-bond acceptors (Lipinski definition) is 6. The Labute approximate surface area is 157 Å². The lowest BCUT2D eigenvalue weighted by Gasteiger charge is -1.99. The quantitative estimate of drug-likeness (QED) is 0.515. The highest BCUT2D eigenvalue weighted by Gasteiger charge is 2.14. The molecule has 2 aromatic carbocycles. The van der Waals surface area contributed by atoms with Crippen LogP contribution in [0.5, 0.6) is 0 Å². The molecule has 0 spiro atoms. The van der Waals surface area contributed by atoms with Gasteiger partial charge in [-0.15, -0.1) is 11.3 Å². The zero-order chi connectivity index (χ0) is 18.5. The molecule has 0 N–H and O–H groups in total. The molecule has 4 aromatic rings. The van der Waals surface area contributed by atoms with Crippen LogP contribution in [-0.4, -0.2) is 30.1 Å². The summed E-state index contributed by atoms with van der Waals surface area (Å²) in [5.41, 5.74) is 1.59. The number of sulfone groups is 1. The van der Waals surface area contributed by atoms with Crippen molar-refractivity contribution in [2.24, 2.45) is 12.0 Å². The summed E-state index contributed by atoms with van der Waals surface area (Å²) in [6, 6.07) is 12.4. The highest BCUT2D eigenvalue weighted by molar-refractivity contribution is 7.90. The number of aryl methyl sites for hydroxylation is 1. The molecule has 0 bridgehead atoms. The van der Waals surface area contributed by atoms with Gasteiger partial charge in [-0.2, -0.15) is 4.99 Å². The van der Waals surface area contributed by atoms with Crippen LogP contribution in [0.1, 0.15) is 9.80 Å². The molecular weight excluding hydrogens is 390 g/mol. The van der Waals surface area contributed by atoms with Gasteiger partial charge in [-0.25, -0.2) is 13.4 Å². The first-order chi connectivity index (χ1) is 12.3. The average Bonchev–Trinajstić information content (AvgIpc) is 3.16. The summed E-state index contributed by atoms with van der Waals surface area (Å²) >= 11 is 2.58. The molecule has 0 aliphatic carbocycles. The number of nitrogens with zero attached hydrogens (tertiary/aromatic N) is 3. The summed E-state index contributed by atoms with van der Waals surface area (Å²) in [6.07, 6.45) is 1.17. The van der Waals surface area contributed by atoms with E-state index in [9.17, 15) is 13.2 Å². The Morgan fingerprint density at radius 2 is 1.88 bits per heavy atom. The highest BCUT2D eigenvalue weighted by Crippen LogP contribution is 2.23. The van der Waals surface area contributed by atoms with E-state index in [0.717, 1.165) is 20.4 Å². The summed E-state index contributed by atoms with van der Waals surface area (Å²) < 4.78 is 26.9. The molecule has 9 heteroatoms. The number of carbonyl (C=O) groups excluding carboxylic acids is 1. The van der Waals surface area contributed by atoms with Crippen LogP contribution in [0, 0.1) is 0 Å². The molecule has 26 heavy (non-hydrogen) atoms. The predicted octanol–water partition coefficient (Wildman–Crippen LogP) is 2.99. The second-order valence-electron chi connectivity index (χ2n) is 5.75. The molecular formula is C17H13N3O3S3. The SMILES string of the molecule is Cn1c(=NC(=O)c2nc3ccccc3s2)sc2cc(S(C)(=O)=O)ccc21. The summed E-state index contributed by atoms with van der Waals surface area (Å²) in [5.74, 6) is -0.406. The van der Waals surface area contributed by atoms with Crippen LogP contribution in [0.25, 0.3) is 20.4 Å². The molecule has 0 atom stereocenters. The molecule has 132 valence electrons. The van der Waals surface area contributed by atoms with Gasteiger partial charge in [0.15, 0.2) is 19.6 Å². The molecule has 4 rings (SSSR count). The summed E-state index contributed by atoms with van der Waals surface area (Å²) in [4.78, 5) is 21.8. The lowest BCUT2D eigenvalue weighted by atomic mass is 10.3. The number of carbonyl (C=O) groups is 1. The fraction of sp³-hybridized carbons (Fsp3) is 0.118. The van der Waals surface area contributed by atoms with Gasteiger partial charge in [-0.3, -0.25) is 4.79 Å². The fourth-order valence-electron chi connectivity index (χ4n) is 2.55. The van der Waals surface area contributed by atoms with Crippen LogP contribution >= 0.6 is 22.7 Å². The normalized spacial score (nSPS) is 12.9. The van der Waals surface area contributed by atoms with Gasteiger partial charge in [-0.05, 0) is 30.3 Å². The van der Waals surface area contributed by atoms with Crippen LogP contribution in [0.4, 0.5) is 0 Å². The number of amides is 1. The lowest BCUT2D eigenvalue weighted by Crippen LogP contribution is -2.13. The first-order valence-corrected chi connectivity index (χ1v) is 11.1. The predicted molar refractivity (Wildman–Crippen MR) is 103 cm³/mol. The van der Waals surface area contributed by atoms with Crippen molar-refractivity contribution in [3.05, 3.63) is 52.3 Å². The van der Waals surface area contributed by atoms with E-state index in [1.807, 2.05) is 24.3 Å². The maximum Gasteiger partial charge on any atom is 0.308 e. The Morgan fingerprint density at radius 1 is 1.12 bits per heavy atom. The van der Waals surface area contributed by atoms with Crippen molar-refractivity contribution in [3.63, 3.8) is 0 Å². The van der Waals surface area contributed by atoms with Crippen LogP contribution in [0.3, 0.4) is 0 Å². The highest BCUT2D eigenvalue weighted by atomic mass is 32.2. The second kappa shape index (κ2) is 6.11. The molecule has 0 aliphatic rings. The van der Waals surface area contributed by atoms with E-state index >= 15 is 0 Å². The van der Waals surface area contributed by atoms with E-state index in [0.29, 0.717) is 9.81 Å². The molecule has 0 saturated carbocycles. The van der Waals surface area contributed by atoms with Crippen LogP contribution in [0.2, 0.25) is 0 Å². The summed E-state index contributed by atoms with van der Waals surface area (Å²) in [5, 5.41) is 0.334. The van der Waals surface area contributed by atoms with Crippen molar-refractivity contribution in [1.29, 1.82) is 0 Å². The molecule has 0 unspecified atom stereocenters. The Hall–Kier alpha value is -2.36. The van der Waals surface area contributed by atoms with Crippen molar-refractivity contribution in [3.8, 4) is 0 Å². The Balaban J connectivity index is 1.82. The molecule has 1 amide bonds. The Kier molecular flexibility index (Phi) is 4.02. The molecule has 0 fully saturated rings. The van der Waals surface area contributed by atoms with E-state index < -0.39 is 15.7 Å². The summed E-state index contributed by atoms with van der Waals surface area (Å²) in [7, 11) is -1.49. The van der Waals surface area contributed by atoms with Gasteiger partial charge in [0.25, 0.3) is 0 Å². The number of para-hydroxylation sites is 1. The second-order valence-corrected chi connectivity index (χ2v) is 9.80. The first-order valence-electron chi connectivity index (χ1n) is 7.57. The van der Waals surface area contributed by atoms with E-state index in [4.69, 9.17) is 0 Å². The minimum Gasteiger partial charge on any atom is -0.319 e. The minimum absolute atomic E-state index is 0.246. The molecule has 2 heterocycles. The molecule has 0 saturated heterocycles. The van der Waals surface area contributed by atoms with E-state index in [-0.39, 0.29) is 4.90 Å². The van der Waals surface area contributed by atoms with Crippen molar-refractivity contribution in [2.75, 3.05) is 6.26 Å². The molecule has 2 aromatic heterocycles. The van der Waals surface area contributed by atoms with Gasteiger partial charge in [0, 0.05) is 13.3 Å². The Bertz CT molecular complexity index is 1310. The zero-order valence-electron chi connectivity index (χ0n) is 13.8. The maximum atomic E-state index is 12.5. The third-order valence-electron chi connectivity index (χ3n) is 3.88. The van der Waals surface area contributed by atoms with Crippen LogP contribution in [0.15, 0.2) is 52.4 Å². The average molecular weight is 404 g/mol. The van der Waals surface area contributed by atoms with Crippen molar-refractivity contribution in [1.82, 2.24) is 9.55 Å². The van der Waals surface area contributed by atoms with Gasteiger partial charge >= 0.3 is 5.91 Å². The van der Waals surface area contributed by atoms with Crippen LogP contribution in [-0.2, 0) is 16.9 Å². The summed E-state index contributed by atoms with van der Waals surface area (Å²) in [6.45, 7) is 0. The topological polar surface area (TPSA) is 81.4 Å². The molecule has 0 radical (unpaired) electrons. The standard InChI is InChI=1S/C17H13N3O3S3/c1-20-12-8-7-10(26(2,22)23)9-14(12)25-17(20)19-15(21)16-18-11-5-3-4-6-13(11)24-16/h3-9H,1-2H3. The van der Waals surface area contributed by atoms with Gasteiger partial charge in [0.1, 0.15) is 0 Å². The van der Waals surface area contributed by atoms with Gasteiger partial charge in [0.05, 0.1) is 25.3 Å². The van der Waals surface area contributed by atoms with Crippen molar-refractivity contribution >= 4 is 58.9 Å². The largest absolute Gasteiger partial charge is 0.319 e. The Morgan fingerprint density at radius 3 is 2.62 bits per heavy atom. The van der Waals surface area contributed by atoms with Gasteiger partial charge in [0.2, 0.25) is 0 Å². The number of hydrogen-bond donors (Lipinski definition) is 0.